The maximum absolute atomic E-state index is 13.2. The summed E-state index contributed by atoms with van der Waals surface area (Å²) in [4.78, 5) is 0.0646. The number of nitrogens with one attached hydrogen (secondary N) is 1. The van der Waals surface area contributed by atoms with Crippen LogP contribution in [-0.2, 0) is 10.0 Å². The highest BCUT2D eigenvalue weighted by Crippen LogP contribution is 2.33. The van der Waals surface area contributed by atoms with E-state index in [1.807, 2.05) is 6.07 Å². The van der Waals surface area contributed by atoms with Gasteiger partial charge in [0.25, 0.3) is 0 Å². The minimum atomic E-state index is -3.79. The fourth-order valence-electron chi connectivity index (χ4n) is 2.20. The number of aryl methyl sites for hydroxylation is 2. The van der Waals surface area contributed by atoms with Crippen molar-refractivity contribution in [3.8, 4) is 6.07 Å². The summed E-state index contributed by atoms with van der Waals surface area (Å²) in [6.07, 6.45) is 1.73. The predicted molar refractivity (Wildman–Crippen MR) is 68.3 cm³/mol. The Morgan fingerprint density at radius 1 is 1.37 bits per heavy atom. The fraction of sp³-hybridized carbons (Fsp3) is 0.462. The lowest BCUT2D eigenvalue weighted by atomic mass is 10.1. The second kappa shape index (κ2) is 4.91. The molecular formula is C13H15FN2O2S. The molecule has 2 rings (SSSR count). The maximum atomic E-state index is 13.2. The molecule has 1 atom stereocenters. The Hall–Kier alpha value is -1.45. The van der Waals surface area contributed by atoms with E-state index >= 15 is 0 Å². The second-order valence-corrected chi connectivity index (χ2v) is 6.59. The lowest BCUT2D eigenvalue weighted by Crippen LogP contribution is -2.36. The molecule has 1 aliphatic rings. The molecule has 1 saturated carbocycles. The van der Waals surface area contributed by atoms with E-state index in [1.165, 1.54) is 12.1 Å². The van der Waals surface area contributed by atoms with Crippen molar-refractivity contribution in [3.05, 3.63) is 29.1 Å². The van der Waals surface area contributed by atoms with Crippen molar-refractivity contribution in [1.29, 1.82) is 5.26 Å². The molecule has 0 spiro atoms. The van der Waals surface area contributed by atoms with Crippen LogP contribution in [0.1, 0.15) is 24.0 Å². The first kappa shape index (κ1) is 14.0. The minimum absolute atomic E-state index is 0.0646. The first-order valence-electron chi connectivity index (χ1n) is 6.04. The lowest BCUT2D eigenvalue weighted by Gasteiger charge is -2.15. The van der Waals surface area contributed by atoms with Crippen molar-refractivity contribution >= 4 is 10.0 Å². The number of sulfonamides is 1. The molecule has 0 saturated heterocycles. The van der Waals surface area contributed by atoms with Crippen LogP contribution in [0.4, 0.5) is 4.39 Å². The van der Waals surface area contributed by atoms with Crippen molar-refractivity contribution in [1.82, 2.24) is 4.72 Å². The Bertz CT molecular complexity index is 622. The van der Waals surface area contributed by atoms with Crippen LogP contribution >= 0.6 is 0 Å². The van der Waals surface area contributed by atoms with Gasteiger partial charge in [-0.15, -0.1) is 0 Å². The SMILES string of the molecule is Cc1cc(F)cc(C)c1S(=O)(=O)NC(C#N)C1CC1. The van der Waals surface area contributed by atoms with Crippen LogP contribution in [0, 0.1) is 36.9 Å². The molecule has 1 aromatic rings. The molecule has 4 nitrogen and oxygen atoms in total. The topological polar surface area (TPSA) is 70.0 Å². The molecule has 1 fully saturated rings. The van der Waals surface area contributed by atoms with Crippen molar-refractivity contribution in [2.45, 2.75) is 37.6 Å². The molecule has 6 heteroatoms. The Morgan fingerprint density at radius 3 is 2.32 bits per heavy atom. The zero-order valence-corrected chi connectivity index (χ0v) is 11.6. The Morgan fingerprint density at radius 2 is 1.89 bits per heavy atom. The standard InChI is InChI=1S/C13H15FN2O2S/c1-8-5-11(14)6-9(2)13(8)19(17,18)16-12(7-15)10-3-4-10/h5-6,10,12,16H,3-4H2,1-2H3. The fourth-order valence-corrected chi connectivity index (χ4v) is 3.87. The van der Waals surface area contributed by atoms with Gasteiger partial charge in [-0.2, -0.15) is 9.98 Å². The van der Waals surface area contributed by atoms with Crippen LogP contribution < -0.4 is 4.72 Å². The molecule has 0 bridgehead atoms. The third-order valence-electron chi connectivity index (χ3n) is 3.21. The van der Waals surface area contributed by atoms with E-state index in [2.05, 4.69) is 4.72 Å². The van der Waals surface area contributed by atoms with Gasteiger partial charge in [-0.1, -0.05) is 0 Å². The molecule has 1 aliphatic carbocycles. The molecule has 0 aliphatic heterocycles. The Kier molecular flexibility index (Phi) is 3.61. The van der Waals surface area contributed by atoms with Gasteiger partial charge in [0.15, 0.2) is 0 Å². The molecule has 102 valence electrons. The quantitative estimate of drug-likeness (QED) is 0.918. The van der Waals surface area contributed by atoms with Gasteiger partial charge >= 0.3 is 0 Å². The van der Waals surface area contributed by atoms with Crippen molar-refractivity contribution in [2.75, 3.05) is 0 Å². The monoisotopic (exact) mass is 282 g/mol. The number of hydrogen-bond acceptors (Lipinski definition) is 3. The molecule has 1 N–H and O–H groups in total. The van der Waals surface area contributed by atoms with E-state index in [0.717, 1.165) is 12.8 Å². The lowest BCUT2D eigenvalue weighted by molar-refractivity contribution is 0.558. The first-order valence-corrected chi connectivity index (χ1v) is 7.52. The zero-order chi connectivity index (χ0) is 14.2. The third kappa shape index (κ3) is 2.94. The molecule has 0 aromatic heterocycles. The molecule has 0 radical (unpaired) electrons. The molecule has 0 heterocycles. The highest BCUT2D eigenvalue weighted by molar-refractivity contribution is 7.89. The summed E-state index contributed by atoms with van der Waals surface area (Å²) >= 11 is 0. The van der Waals surface area contributed by atoms with E-state index in [4.69, 9.17) is 5.26 Å². The van der Waals surface area contributed by atoms with Crippen molar-refractivity contribution in [2.24, 2.45) is 5.92 Å². The van der Waals surface area contributed by atoms with Crippen molar-refractivity contribution in [3.63, 3.8) is 0 Å². The predicted octanol–water partition coefficient (Wildman–Crippen LogP) is 2.02. The van der Waals surface area contributed by atoms with E-state index in [1.54, 1.807) is 13.8 Å². The Balaban J connectivity index is 2.37. The average molecular weight is 282 g/mol. The van der Waals surface area contributed by atoms with E-state index in [-0.39, 0.29) is 10.8 Å². The number of nitriles is 1. The van der Waals surface area contributed by atoms with Crippen LogP contribution in [0.25, 0.3) is 0 Å². The number of hydrogen-bond donors (Lipinski definition) is 1. The van der Waals surface area contributed by atoms with Gasteiger partial charge in [0, 0.05) is 0 Å². The smallest absolute Gasteiger partial charge is 0.207 e. The van der Waals surface area contributed by atoms with E-state index in [0.29, 0.717) is 11.1 Å². The summed E-state index contributed by atoms with van der Waals surface area (Å²) in [6.45, 7) is 3.09. The highest BCUT2D eigenvalue weighted by Gasteiger charge is 2.35. The van der Waals surface area contributed by atoms with Gasteiger partial charge < -0.3 is 0 Å². The van der Waals surface area contributed by atoms with Gasteiger partial charge in [-0.3, -0.25) is 0 Å². The van der Waals surface area contributed by atoms with Crippen LogP contribution in [-0.4, -0.2) is 14.5 Å². The van der Waals surface area contributed by atoms with Gasteiger partial charge in [0.1, 0.15) is 11.9 Å². The van der Waals surface area contributed by atoms with Crippen LogP contribution in [0.15, 0.2) is 17.0 Å². The normalized spacial score (nSPS) is 16.9. The number of benzene rings is 1. The van der Waals surface area contributed by atoms with Gasteiger partial charge in [0.2, 0.25) is 10.0 Å². The van der Waals surface area contributed by atoms with E-state index < -0.39 is 21.9 Å². The second-order valence-electron chi connectivity index (χ2n) is 4.93. The first-order chi connectivity index (χ1) is 8.85. The third-order valence-corrected chi connectivity index (χ3v) is 4.95. The summed E-state index contributed by atoms with van der Waals surface area (Å²) < 4.78 is 40.2. The Labute approximate surface area is 112 Å². The molecule has 0 amide bonds. The van der Waals surface area contributed by atoms with Crippen LogP contribution in [0.5, 0.6) is 0 Å². The van der Waals surface area contributed by atoms with Gasteiger partial charge in [-0.25, -0.2) is 12.8 Å². The summed E-state index contributed by atoms with van der Waals surface area (Å²) in [7, 11) is -3.79. The summed E-state index contributed by atoms with van der Waals surface area (Å²) in [6, 6.07) is 3.64. The average Bonchev–Trinajstić information content (AvgIpc) is 3.07. The largest absolute Gasteiger partial charge is 0.242 e. The number of nitrogens with zero attached hydrogens (tertiary/aromatic N) is 1. The zero-order valence-electron chi connectivity index (χ0n) is 10.8. The summed E-state index contributed by atoms with van der Waals surface area (Å²) in [5, 5.41) is 8.99. The molecule has 19 heavy (non-hydrogen) atoms. The highest BCUT2D eigenvalue weighted by atomic mass is 32.2. The molecule has 1 aromatic carbocycles. The molecular weight excluding hydrogens is 267 g/mol. The van der Waals surface area contributed by atoms with Crippen LogP contribution in [0.3, 0.4) is 0 Å². The number of halogens is 1. The maximum Gasteiger partial charge on any atom is 0.242 e. The molecule has 1 unspecified atom stereocenters. The summed E-state index contributed by atoms with van der Waals surface area (Å²) in [5.41, 5.74) is 0.690. The minimum Gasteiger partial charge on any atom is -0.207 e. The van der Waals surface area contributed by atoms with Crippen LogP contribution in [0.2, 0.25) is 0 Å². The van der Waals surface area contributed by atoms with Gasteiger partial charge in [-0.05, 0) is 55.9 Å². The van der Waals surface area contributed by atoms with Gasteiger partial charge in [0.05, 0.1) is 11.0 Å². The number of rotatable bonds is 4. The van der Waals surface area contributed by atoms with E-state index in [9.17, 15) is 12.8 Å². The summed E-state index contributed by atoms with van der Waals surface area (Å²) in [5.74, 6) is -0.367. The van der Waals surface area contributed by atoms with Crippen molar-refractivity contribution < 1.29 is 12.8 Å².